The van der Waals surface area contributed by atoms with Gasteiger partial charge in [0.2, 0.25) is 5.88 Å². The Morgan fingerprint density at radius 2 is 1.97 bits per heavy atom. The number of carbonyl (C=O) groups excluding carboxylic acids is 1. The highest BCUT2D eigenvalue weighted by Crippen LogP contribution is 2.36. The largest absolute Gasteiger partial charge is 0.481 e. The van der Waals surface area contributed by atoms with Gasteiger partial charge in [-0.1, -0.05) is 24.3 Å². The fourth-order valence-electron chi connectivity index (χ4n) is 5.19. The van der Waals surface area contributed by atoms with Crippen LogP contribution in [0.4, 0.5) is 4.79 Å². The van der Waals surface area contributed by atoms with Gasteiger partial charge in [-0.25, -0.2) is 9.78 Å². The number of carbonyl (C=O) groups is 1. The van der Waals surface area contributed by atoms with Gasteiger partial charge < -0.3 is 19.9 Å². The summed E-state index contributed by atoms with van der Waals surface area (Å²) >= 11 is 0. The number of amides is 2. The average Bonchev–Trinajstić information content (AvgIpc) is 2.79. The number of rotatable bonds is 3. The van der Waals surface area contributed by atoms with Crippen LogP contribution in [0.2, 0.25) is 0 Å². The number of nitrogens with zero attached hydrogens (tertiary/aromatic N) is 3. The second-order valence-corrected chi connectivity index (χ2v) is 8.37. The van der Waals surface area contributed by atoms with Crippen LogP contribution in [0.5, 0.6) is 5.88 Å². The molecule has 6 rings (SSSR count). The molecule has 3 fully saturated rings. The SMILES string of the molecule is COc1ccc([C@H]2c3ccccc3CCN2C(=O)N[C@@H]2CN3CCC2CC3)cn1. The molecular formula is C23H28N4O2. The van der Waals surface area contributed by atoms with E-state index in [9.17, 15) is 4.79 Å². The van der Waals surface area contributed by atoms with Gasteiger partial charge in [0.1, 0.15) is 0 Å². The van der Waals surface area contributed by atoms with Gasteiger partial charge in [-0.2, -0.15) is 0 Å². The molecule has 0 radical (unpaired) electrons. The van der Waals surface area contributed by atoms with Gasteiger partial charge in [-0.15, -0.1) is 0 Å². The van der Waals surface area contributed by atoms with Gasteiger partial charge in [-0.05, 0) is 61.0 Å². The van der Waals surface area contributed by atoms with E-state index in [4.69, 9.17) is 4.74 Å². The zero-order chi connectivity index (χ0) is 19.8. The summed E-state index contributed by atoms with van der Waals surface area (Å²) in [7, 11) is 1.62. The van der Waals surface area contributed by atoms with Crippen molar-refractivity contribution in [3.8, 4) is 5.88 Å². The van der Waals surface area contributed by atoms with Gasteiger partial charge >= 0.3 is 6.03 Å². The summed E-state index contributed by atoms with van der Waals surface area (Å²) in [6.45, 7) is 4.04. The summed E-state index contributed by atoms with van der Waals surface area (Å²) in [6, 6.07) is 12.5. The summed E-state index contributed by atoms with van der Waals surface area (Å²) in [6.07, 6.45) is 5.10. The number of hydrogen-bond acceptors (Lipinski definition) is 4. The molecule has 2 aromatic rings. The van der Waals surface area contributed by atoms with Crippen LogP contribution in [-0.4, -0.2) is 60.1 Å². The lowest BCUT2D eigenvalue weighted by molar-refractivity contribution is 0.0715. The van der Waals surface area contributed by atoms with Crippen LogP contribution in [0.1, 0.15) is 35.6 Å². The maximum atomic E-state index is 13.4. The molecule has 4 aliphatic rings. The lowest BCUT2D eigenvalue weighted by Gasteiger charge is -2.46. The summed E-state index contributed by atoms with van der Waals surface area (Å²) in [5.41, 5.74) is 3.51. The minimum atomic E-state index is -0.126. The van der Waals surface area contributed by atoms with Gasteiger partial charge in [0, 0.05) is 31.4 Å². The molecule has 2 bridgehead atoms. The molecule has 1 aromatic carbocycles. The van der Waals surface area contributed by atoms with Crippen LogP contribution in [0.15, 0.2) is 42.6 Å². The highest BCUT2D eigenvalue weighted by Gasteiger charge is 2.38. The van der Waals surface area contributed by atoms with Crippen LogP contribution in [0.25, 0.3) is 0 Å². The minimum Gasteiger partial charge on any atom is -0.481 e. The Bertz CT molecular complexity index is 877. The monoisotopic (exact) mass is 392 g/mol. The van der Waals surface area contributed by atoms with Crippen molar-refractivity contribution in [2.24, 2.45) is 5.92 Å². The first kappa shape index (κ1) is 18.4. The van der Waals surface area contributed by atoms with Gasteiger partial charge in [0.25, 0.3) is 0 Å². The molecule has 6 heteroatoms. The van der Waals surface area contributed by atoms with Gasteiger partial charge in [0.05, 0.1) is 13.2 Å². The number of fused-ring (bicyclic) bond motifs is 4. The first-order chi connectivity index (χ1) is 14.2. The predicted molar refractivity (Wildman–Crippen MR) is 111 cm³/mol. The Balaban J connectivity index is 1.43. The summed E-state index contributed by atoms with van der Waals surface area (Å²) in [5, 5.41) is 3.37. The number of piperidine rings is 3. The molecule has 152 valence electrons. The number of urea groups is 1. The zero-order valence-corrected chi connectivity index (χ0v) is 16.9. The van der Waals surface area contributed by atoms with Crippen LogP contribution >= 0.6 is 0 Å². The molecule has 2 atom stereocenters. The quantitative estimate of drug-likeness (QED) is 0.873. The number of hydrogen-bond donors (Lipinski definition) is 1. The molecule has 4 aliphatic heterocycles. The van der Waals surface area contributed by atoms with Crippen molar-refractivity contribution in [3.63, 3.8) is 0 Å². The number of methoxy groups -OCH3 is 1. The molecule has 6 nitrogen and oxygen atoms in total. The van der Waals surface area contributed by atoms with Gasteiger partial charge in [0.15, 0.2) is 0 Å². The molecule has 2 amide bonds. The normalized spacial score (nSPS) is 28.0. The fraction of sp³-hybridized carbons (Fsp3) is 0.478. The summed E-state index contributed by atoms with van der Waals surface area (Å²) < 4.78 is 5.22. The number of aromatic nitrogens is 1. The highest BCUT2D eigenvalue weighted by molar-refractivity contribution is 5.76. The molecular weight excluding hydrogens is 364 g/mol. The number of ether oxygens (including phenoxy) is 1. The smallest absolute Gasteiger partial charge is 0.318 e. The molecule has 0 aliphatic carbocycles. The summed E-state index contributed by atoms with van der Waals surface area (Å²) in [4.78, 5) is 22.3. The van der Waals surface area contributed by atoms with E-state index in [1.54, 1.807) is 7.11 Å². The second-order valence-electron chi connectivity index (χ2n) is 8.37. The molecule has 1 aromatic heterocycles. The standard InChI is InChI=1S/C23H28N4O2/c1-29-21-7-6-18(14-24-21)22-19-5-3-2-4-16(19)10-13-27(22)23(28)25-20-15-26-11-8-17(20)9-12-26/h2-7,14,17,20,22H,8-13,15H2,1H3,(H,25,28)/t20-,22+/m1/s1. The average molecular weight is 393 g/mol. The van der Waals surface area contributed by atoms with Gasteiger partial charge in [-0.3, -0.25) is 0 Å². The van der Waals surface area contributed by atoms with E-state index in [1.165, 1.54) is 37.1 Å². The summed E-state index contributed by atoms with van der Waals surface area (Å²) in [5.74, 6) is 1.20. The Morgan fingerprint density at radius 3 is 2.66 bits per heavy atom. The Morgan fingerprint density at radius 1 is 1.14 bits per heavy atom. The van der Waals surface area contributed by atoms with Crippen LogP contribution in [0.3, 0.4) is 0 Å². The molecule has 3 saturated heterocycles. The van der Waals surface area contributed by atoms with E-state index < -0.39 is 0 Å². The predicted octanol–water partition coefficient (Wildman–Crippen LogP) is 2.84. The highest BCUT2D eigenvalue weighted by atomic mass is 16.5. The first-order valence-corrected chi connectivity index (χ1v) is 10.6. The molecule has 0 unspecified atom stereocenters. The van der Waals surface area contributed by atoms with E-state index in [1.807, 2.05) is 23.2 Å². The van der Waals surface area contributed by atoms with E-state index in [-0.39, 0.29) is 18.1 Å². The van der Waals surface area contributed by atoms with Crippen LogP contribution in [-0.2, 0) is 6.42 Å². The van der Waals surface area contributed by atoms with Crippen LogP contribution in [0, 0.1) is 5.92 Å². The van der Waals surface area contributed by atoms with E-state index in [0.717, 1.165) is 18.5 Å². The number of pyridine rings is 1. The van der Waals surface area contributed by atoms with Crippen LogP contribution < -0.4 is 10.1 Å². The molecule has 29 heavy (non-hydrogen) atoms. The first-order valence-electron chi connectivity index (χ1n) is 10.6. The Labute approximate surface area is 171 Å². The molecule has 0 spiro atoms. The molecule has 1 N–H and O–H groups in total. The third kappa shape index (κ3) is 3.46. The molecule has 0 saturated carbocycles. The number of nitrogens with one attached hydrogen (secondary N) is 1. The van der Waals surface area contributed by atoms with Crippen molar-refractivity contribution in [2.75, 3.05) is 33.3 Å². The lowest BCUT2D eigenvalue weighted by atomic mass is 9.84. The minimum absolute atomic E-state index is 0.0408. The van der Waals surface area contributed by atoms with Crippen molar-refractivity contribution < 1.29 is 9.53 Å². The third-order valence-electron chi connectivity index (χ3n) is 6.79. The number of benzene rings is 1. The van der Waals surface area contributed by atoms with Crippen molar-refractivity contribution in [2.45, 2.75) is 31.3 Å². The van der Waals surface area contributed by atoms with E-state index in [2.05, 4.69) is 39.5 Å². The second kappa shape index (κ2) is 7.67. The van der Waals surface area contributed by atoms with E-state index >= 15 is 0 Å². The van der Waals surface area contributed by atoms with E-state index in [0.29, 0.717) is 18.3 Å². The maximum absolute atomic E-state index is 13.4. The van der Waals surface area contributed by atoms with Crippen molar-refractivity contribution in [3.05, 3.63) is 59.3 Å². The lowest BCUT2D eigenvalue weighted by Crippen LogP contribution is -2.59. The maximum Gasteiger partial charge on any atom is 0.318 e. The Kier molecular flexibility index (Phi) is 4.87. The fourth-order valence-corrected chi connectivity index (χ4v) is 5.19. The third-order valence-corrected chi connectivity index (χ3v) is 6.79. The van der Waals surface area contributed by atoms with Crippen molar-refractivity contribution in [1.82, 2.24) is 20.1 Å². The zero-order valence-electron chi connectivity index (χ0n) is 16.9. The Hall–Kier alpha value is -2.60. The topological polar surface area (TPSA) is 57.7 Å². The molecule has 5 heterocycles. The van der Waals surface area contributed by atoms with Crippen molar-refractivity contribution in [1.29, 1.82) is 0 Å². The van der Waals surface area contributed by atoms with Crippen molar-refractivity contribution >= 4 is 6.03 Å².